The maximum absolute atomic E-state index is 12.7. The van der Waals surface area contributed by atoms with Gasteiger partial charge in [-0.1, -0.05) is 39.0 Å². The van der Waals surface area contributed by atoms with Gasteiger partial charge in [-0.15, -0.1) is 0 Å². The lowest BCUT2D eigenvalue weighted by Gasteiger charge is -2.23. The monoisotopic (exact) mass is 324 g/mol. The minimum atomic E-state index is 0.0500. The molecule has 0 aliphatic heterocycles. The van der Waals surface area contributed by atoms with E-state index in [1.54, 1.807) is 0 Å². The fourth-order valence-electron chi connectivity index (χ4n) is 3.52. The summed E-state index contributed by atoms with van der Waals surface area (Å²) in [5.74, 6) is 0.165. The van der Waals surface area contributed by atoms with Crippen LogP contribution in [0.25, 0.3) is 0 Å². The molecule has 1 aliphatic carbocycles. The number of aromatic nitrogens is 1. The summed E-state index contributed by atoms with van der Waals surface area (Å²) in [6.45, 7) is 11.1. The molecule has 1 heterocycles. The number of carbonyl (C=O) groups is 1. The lowest BCUT2D eigenvalue weighted by atomic mass is 9.86. The number of ketones is 1. The standard InChI is InChI=1S/C21H28N2O/c1-14-12-17(15(2)23(14)16-10-11-16)20(24)13-22-19-9-7-6-8-18(19)21(3,4)5/h6-9,12,16,22H,10-11,13H2,1-5H3. The summed E-state index contributed by atoms with van der Waals surface area (Å²) in [6, 6.07) is 10.9. The molecule has 1 aromatic heterocycles. The van der Waals surface area contributed by atoms with Gasteiger partial charge in [0, 0.05) is 28.7 Å². The highest BCUT2D eigenvalue weighted by Gasteiger charge is 2.28. The Hall–Kier alpha value is -2.03. The fraction of sp³-hybridized carbons (Fsp3) is 0.476. The smallest absolute Gasteiger partial charge is 0.183 e. The number of benzene rings is 1. The van der Waals surface area contributed by atoms with Crippen LogP contribution in [0.3, 0.4) is 0 Å². The molecule has 3 rings (SSSR count). The van der Waals surface area contributed by atoms with Crippen molar-refractivity contribution in [2.24, 2.45) is 0 Å². The van der Waals surface area contributed by atoms with E-state index in [9.17, 15) is 4.79 Å². The van der Waals surface area contributed by atoms with Crippen LogP contribution in [0, 0.1) is 13.8 Å². The van der Waals surface area contributed by atoms with E-state index in [0.717, 1.165) is 16.9 Å². The van der Waals surface area contributed by atoms with Crippen LogP contribution in [0.5, 0.6) is 0 Å². The first-order valence-electron chi connectivity index (χ1n) is 8.84. The molecule has 1 fully saturated rings. The van der Waals surface area contributed by atoms with E-state index in [1.807, 2.05) is 12.1 Å². The van der Waals surface area contributed by atoms with E-state index in [4.69, 9.17) is 0 Å². The first-order chi connectivity index (χ1) is 11.3. The van der Waals surface area contributed by atoms with Gasteiger partial charge in [0.15, 0.2) is 5.78 Å². The molecule has 0 radical (unpaired) electrons. The zero-order valence-corrected chi connectivity index (χ0v) is 15.4. The van der Waals surface area contributed by atoms with Crippen LogP contribution in [0.4, 0.5) is 5.69 Å². The number of hydrogen-bond acceptors (Lipinski definition) is 2. The first kappa shape index (κ1) is 16.8. The Bertz CT molecular complexity index is 761. The number of para-hydroxylation sites is 1. The van der Waals surface area contributed by atoms with E-state index < -0.39 is 0 Å². The Morgan fingerprint density at radius 2 is 1.88 bits per heavy atom. The number of aryl methyl sites for hydroxylation is 1. The maximum Gasteiger partial charge on any atom is 0.183 e. The van der Waals surface area contributed by atoms with E-state index >= 15 is 0 Å². The molecule has 24 heavy (non-hydrogen) atoms. The lowest BCUT2D eigenvalue weighted by molar-refractivity contribution is 0.101. The van der Waals surface area contributed by atoms with Gasteiger partial charge in [0.1, 0.15) is 0 Å². The molecule has 3 nitrogen and oxygen atoms in total. The summed E-state index contributed by atoms with van der Waals surface area (Å²) in [5, 5.41) is 3.36. The molecule has 2 aromatic rings. The van der Waals surface area contributed by atoms with E-state index in [0.29, 0.717) is 12.6 Å². The highest BCUT2D eigenvalue weighted by atomic mass is 16.1. The number of rotatable bonds is 5. The van der Waals surface area contributed by atoms with Crippen molar-refractivity contribution in [2.45, 2.75) is 58.9 Å². The van der Waals surface area contributed by atoms with Crippen LogP contribution in [-0.2, 0) is 5.41 Å². The van der Waals surface area contributed by atoms with Crippen molar-refractivity contribution < 1.29 is 4.79 Å². The molecular formula is C21H28N2O. The largest absolute Gasteiger partial charge is 0.377 e. The SMILES string of the molecule is Cc1cc(C(=O)CNc2ccccc2C(C)(C)C)c(C)n1C1CC1. The van der Waals surface area contributed by atoms with Crippen LogP contribution >= 0.6 is 0 Å². The Kier molecular flexibility index (Phi) is 4.29. The van der Waals surface area contributed by atoms with Crippen LogP contribution < -0.4 is 5.32 Å². The third-order valence-corrected chi connectivity index (χ3v) is 4.87. The summed E-state index contributed by atoms with van der Waals surface area (Å²) in [4.78, 5) is 12.7. The van der Waals surface area contributed by atoms with Crippen LogP contribution in [0.2, 0.25) is 0 Å². The van der Waals surface area contributed by atoms with Crippen molar-refractivity contribution in [1.82, 2.24) is 4.57 Å². The second-order valence-corrected chi connectivity index (χ2v) is 7.96. The summed E-state index contributed by atoms with van der Waals surface area (Å²) >= 11 is 0. The van der Waals surface area contributed by atoms with Gasteiger partial charge in [-0.2, -0.15) is 0 Å². The van der Waals surface area contributed by atoms with Crippen molar-refractivity contribution in [1.29, 1.82) is 0 Å². The predicted molar refractivity (Wildman–Crippen MR) is 100 cm³/mol. The molecule has 0 amide bonds. The first-order valence-corrected chi connectivity index (χ1v) is 8.84. The van der Waals surface area contributed by atoms with Crippen molar-refractivity contribution in [3.8, 4) is 0 Å². The Balaban J connectivity index is 1.77. The molecule has 1 aromatic carbocycles. The molecule has 128 valence electrons. The molecule has 1 aliphatic rings. The van der Waals surface area contributed by atoms with Crippen LogP contribution in [-0.4, -0.2) is 16.9 Å². The number of nitrogens with one attached hydrogen (secondary N) is 1. The zero-order valence-electron chi connectivity index (χ0n) is 15.4. The highest BCUT2D eigenvalue weighted by Crippen LogP contribution is 2.38. The molecule has 0 saturated heterocycles. The van der Waals surface area contributed by atoms with Gasteiger partial charge in [-0.3, -0.25) is 4.79 Å². The van der Waals surface area contributed by atoms with Crippen molar-refractivity contribution >= 4 is 11.5 Å². The number of carbonyl (C=O) groups excluding carboxylic acids is 1. The third-order valence-electron chi connectivity index (χ3n) is 4.87. The summed E-state index contributed by atoms with van der Waals surface area (Å²) < 4.78 is 2.33. The van der Waals surface area contributed by atoms with Crippen molar-refractivity contribution in [2.75, 3.05) is 11.9 Å². The molecule has 3 heteroatoms. The predicted octanol–water partition coefficient (Wildman–Crippen LogP) is 5.03. The molecule has 0 bridgehead atoms. The quantitative estimate of drug-likeness (QED) is 0.782. The minimum absolute atomic E-state index is 0.0500. The molecule has 1 saturated carbocycles. The Morgan fingerprint density at radius 3 is 2.50 bits per heavy atom. The second-order valence-electron chi connectivity index (χ2n) is 7.96. The van der Waals surface area contributed by atoms with Gasteiger partial charge in [0.05, 0.1) is 6.54 Å². The van der Waals surface area contributed by atoms with E-state index in [2.05, 4.69) is 62.7 Å². The van der Waals surface area contributed by atoms with Crippen molar-refractivity contribution in [3.63, 3.8) is 0 Å². The average Bonchev–Trinajstić information content (AvgIpc) is 3.30. The second kappa shape index (κ2) is 6.12. The van der Waals surface area contributed by atoms with Gasteiger partial charge in [0.25, 0.3) is 0 Å². The van der Waals surface area contributed by atoms with Gasteiger partial charge in [-0.25, -0.2) is 0 Å². The number of nitrogens with zero attached hydrogens (tertiary/aromatic N) is 1. The normalized spacial score (nSPS) is 14.7. The summed E-state index contributed by atoms with van der Waals surface area (Å²) in [5.41, 5.74) is 5.52. The summed E-state index contributed by atoms with van der Waals surface area (Å²) in [6.07, 6.45) is 2.47. The highest BCUT2D eigenvalue weighted by molar-refractivity contribution is 6.00. The van der Waals surface area contributed by atoms with Gasteiger partial charge in [-0.05, 0) is 49.8 Å². The van der Waals surface area contributed by atoms with E-state index in [-0.39, 0.29) is 11.2 Å². The molecule has 0 unspecified atom stereocenters. The number of Topliss-reactive ketones (excluding diaryl/α,β-unsaturated/α-hetero) is 1. The van der Waals surface area contributed by atoms with Gasteiger partial charge >= 0.3 is 0 Å². The average molecular weight is 324 g/mol. The number of anilines is 1. The maximum atomic E-state index is 12.7. The minimum Gasteiger partial charge on any atom is -0.377 e. The van der Waals surface area contributed by atoms with Gasteiger partial charge < -0.3 is 9.88 Å². The van der Waals surface area contributed by atoms with Crippen molar-refractivity contribution in [3.05, 3.63) is 52.8 Å². The van der Waals surface area contributed by atoms with Crippen LogP contribution in [0.15, 0.2) is 30.3 Å². The fourth-order valence-corrected chi connectivity index (χ4v) is 3.52. The zero-order chi connectivity index (χ0) is 17.5. The Morgan fingerprint density at radius 1 is 1.21 bits per heavy atom. The molecule has 0 atom stereocenters. The van der Waals surface area contributed by atoms with Crippen LogP contribution in [0.1, 0.15) is 67.0 Å². The lowest BCUT2D eigenvalue weighted by Crippen LogP contribution is -2.19. The van der Waals surface area contributed by atoms with E-state index in [1.165, 1.54) is 24.1 Å². The topological polar surface area (TPSA) is 34.0 Å². The third kappa shape index (κ3) is 3.26. The molecular weight excluding hydrogens is 296 g/mol. The Labute approximate surface area is 145 Å². The molecule has 1 N–H and O–H groups in total. The summed E-state index contributed by atoms with van der Waals surface area (Å²) in [7, 11) is 0. The molecule has 0 spiro atoms. The number of hydrogen-bond donors (Lipinski definition) is 1. The van der Waals surface area contributed by atoms with Gasteiger partial charge in [0.2, 0.25) is 0 Å².